The zero-order chi connectivity index (χ0) is 9.30. The molecule has 1 heterocycles. The van der Waals surface area contributed by atoms with Gasteiger partial charge in [-0.05, 0) is 33.6 Å². The van der Waals surface area contributed by atoms with Crippen molar-refractivity contribution in [2.75, 3.05) is 0 Å². The molecular weight excluding hydrogens is 174 g/mol. The van der Waals surface area contributed by atoms with Gasteiger partial charge in [0.25, 0.3) is 0 Å². The Balaban J connectivity index is 2.66. The molecule has 1 amide bonds. The highest BCUT2D eigenvalue weighted by Crippen LogP contribution is 2.24. The third kappa shape index (κ3) is 1.74. The molecule has 0 radical (unpaired) electrons. The highest BCUT2D eigenvalue weighted by Gasteiger charge is 2.32. The Bertz CT molecular complexity index is 171. The Kier molecular flexibility index (Phi) is 2.99. The minimum absolute atomic E-state index is 0.0779. The number of likely N-dealkylation sites (tertiary alicyclic amines) is 1. The van der Waals surface area contributed by atoms with E-state index in [1.54, 1.807) is 6.92 Å². The molecule has 2 nitrogen and oxygen atoms in total. The lowest BCUT2D eigenvalue weighted by atomic mass is 10.2. The fourth-order valence-corrected chi connectivity index (χ4v) is 1.95. The number of carbonyl (C=O) groups is 1. The standard InChI is InChI=1S/C9H16ClNO/c1-6-4-5-7(2)11(6)9(12)8(3)10/h6-8H,4-5H2,1-3H3. The third-order valence-corrected chi connectivity index (χ3v) is 2.73. The number of carbonyl (C=O) groups excluding carboxylic acids is 1. The largest absolute Gasteiger partial charge is 0.336 e. The van der Waals surface area contributed by atoms with Gasteiger partial charge in [0.1, 0.15) is 5.38 Å². The maximum atomic E-state index is 11.6. The summed E-state index contributed by atoms with van der Waals surface area (Å²) in [6.07, 6.45) is 2.22. The second kappa shape index (κ2) is 3.65. The molecule has 0 bridgehead atoms. The Morgan fingerprint density at radius 1 is 1.42 bits per heavy atom. The van der Waals surface area contributed by atoms with Crippen molar-refractivity contribution in [3.63, 3.8) is 0 Å². The van der Waals surface area contributed by atoms with E-state index in [9.17, 15) is 4.79 Å². The molecule has 1 fully saturated rings. The summed E-state index contributed by atoms with van der Waals surface area (Å²) in [4.78, 5) is 13.5. The van der Waals surface area contributed by atoms with Gasteiger partial charge in [0.2, 0.25) is 5.91 Å². The van der Waals surface area contributed by atoms with Crippen LogP contribution in [-0.4, -0.2) is 28.3 Å². The molecule has 1 saturated heterocycles. The van der Waals surface area contributed by atoms with Gasteiger partial charge in [-0.1, -0.05) is 0 Å². The van der Waals surface area contributed by atoms with E-state index in [0.717, 1.165) is 12.8 Å². The molecular formula is C9H16ClNO. The van der Waals surface area contributed by atoms with Crippen LogP contribution in [0.15, 0.2) is 0 Å². The van der Waals surface area contributed by atoms with Gasteiger partial charge in [0.15, 0.2) is 0 Å². The molecule has 0 N–H and O–H groups in total. The maximum Gasteiger partial charge on any atom is 0.240 e. The summed E-state index contributed by atoms with van der Waals surface area (Å²) in [6.45, 7) is 5.91. The summed E-state index contributed by atoms with van der Waals surface area (Å²) in [5.74, 6) is 0.0779. The molecule has 3 heteroatoms. The average Bonchev–Trinajstić information content (AvgIpc) is 2.30. The van der Waals surface area contributed by atoms with E-state index in [4.69, 9.17) is 11.6 Å². The first-order valence-corrected chi connectivity index (χ1v) is 4.94. The Labute approximate surface area is 78.9 Å². The smallest absolute Gasteiger partial charge is 0.240 e. The van der Waals surface area contributed by atoms with E-state index in [-0.39, 0.29) is 11.3 Å². The van der Waals surface area contributed by atoms with Crippen LogP contribution < -0.4 is 0 Å². The second-order valence-electron chi connectivity index (χ2n) is 3.64. The lowest BCUT2D eigenvalue weighted by molar-refractivity contribution is -0.132. The zero-order valence-corrected chi connectivity index (χ0v) is 8.64. The van der Waals surface area contributed by atoms with Gasteiger partial charge in [0, 0.05) is 12.1 Å². The van der Waals surface area contributed by atoms with Crippen LogP contribution in [0.4, 0.5) is 0 Å². The molecule has 3 atom stereocenters. The van der Waals surface area contributed by atoms with Crippen molar-refractivity contribution in [1.29, 1.82) is 0 Å². The van der Waals surface area contributed by atoms with Gasteiger partial charge >= 0.3 is 0 Å². The number of rotatable bonds is 1. The SMILES string of the molecule is CC(Cl)C(=O)N1C(C)CCC1C. The second-order valence-corrected chi connectivity index (χ2v) is 4.29. The molecule has 1 rings (SSSR count). The molecule has 0 spiro atoms. The molecule has 1 aliphatic heterocycles. The first-order chi connectivity index (χ1) is 5.54. The predicted octanol–water partition coefficient (Wildman–Crippen LogP) is 2.01. The van der Waals surface area contributed by atoms with Gasteiger partial charge < -0.3 is 4.90 Å². The first-order valence-electron chi connectivity index (χ1n) is 4.50. The fraction of sp³-hybridized carbons (Fsp3) is 0.889. The van der Waals surface area contributed by atoms with Crippen molar-refractivity contribution >= 4 is 17.5 Å². The highest BCUT2D eigenvalue weighted by molar-refractivity contribution is 6.30. The molecule has 0 saturated carbocycles. The number of nitrogens with zero attached hydrogens (tertiary/aromatic N) is 1. The van der Waals surface area contributed by atoms with E-state index in [1.165, 1.54) is 0 Å². The van der Waals surface area contributed by atoms with Crippen molar-refractivity contribution in [3.05, 3.63) is 0 Å². The van der Waals surface area contributed by atoms with E-state index in [1.807, 2.05) is 4.90 Å². The third-order valence-electron chi connectivity index (χ3n) is 2.55. The van der Waals surface area contributed by atoms with Crippen LogP contribution in [0.1, 0.15) is 33.6 Å². The molecule has 1 aliphatic rings. The number of amides is 1. The average molecular weight is 190 g/mol. The summed E-state index contributed by atoms with van der Waals surface area (Å²) in [6, 6.07) is 0.738. The maximum absolute atomic E-state index is 11.6. The molecule has 3 unspecified atom stereocenters. The molecule has 70 valence electrons. The molecule has 0 aromatic heterocycles. The van der Waals surface area contributed by atoms with Crippen molar-refractivity contribution in [2.24, 2.45) is 0 Å². The van der Waals surface area contributed by atoms with Crippen LogP contribution in [0.2, 0.25) is 0 Å². The predicted molar refractivity (Wildman–Crippen MR) is 50.3 cm³/mol. The van der Waals surface area contributed by atoms with Crippen LogP contribution >= 0.6 is 11.6 Å². The molecule has 0 aromatic carbocycles. The lowest BCUT2D eigenvalue weighted by Crippen LogP contribution is -2.42. The zero-order valence-electron chi connectivity index (χ0n) is 7.88. The van der Waals surface area contributed by atoms with Crippen molar-refractivity contribution < 1.29 is 4.79 Å². The molecule has 12 heavy (non-hydrogen) atoms. The van der Waals surface area contributed by atoms with Crippen LogP contribution in [0.3, 0.4) is 0 Å². The number of hydrogen-bond acceptors (Lipinski definition) is 1. The van der Waals surface area contributed by atoms with E-state index >= 15 is 0 Å². The fourth-order valence-electron chi connectivity index (χ4n) is 1.83. The van der Waals surface area contributed by atoms with Gasteiger partial charge in [-0.15, -0.1) is 11.6 Å². The quantitative estimate of drug-likeness (QED) is 0.578. The highest BCUT2D eigenvalue weighted by atomic mass is 35.5. The Morgan fingerprint density at radius 3 is 2.17 bits per heavy atom. The minimum Gasteiger partial charge on any atom is -0.336 e. The van der Waals surface area contributed by atoms with Gasteiger partial charge in [-0.25, -0.2) is 0 Å². The van der Waals surface area contributed by atoms with Crippen LogP contribution in [0.5, 0.6) is 0 Å². The summed E-state index contributed by atoms with van der Waals surface area (Å²) in [5, 5.41) is -0.381. The minimum atomic E-state index is -0.381. The normalized spacial score (nSPS) is 32.2. The topological polar surface area (TPSA) is 20.3 Å². The lowest BCUT2D eigenvalue weighted by Gasteiger charge is -2.27. The Morgan fingerprint density at radius 2 is 1.83 bits per heavy atom. The van der Waals surface area contributed by atoms with Gasteiger partial charge in [-0.3, -0.25) is 4.79 Å². The summed E-state index contributed by atoms with van der Waals surface area (Å²) in [7, 11) is 0. The van der Waals surface area contributed by atoms with E-state index in [2.05, 4.69) is 13.8 Å². The van der Waals surface area contributed by atoms with Gasteiger partial charge in [-0.2, -0.15) is 0 Å². The first kappa shape index (κ1) is 9.85. The summed E-state index contributed by atoms with van der Waals surface area (Å²) >= 11 is 5.75. The van der Waals surface area contributed by atoms with Crippen molar-refractivity contribution in [2.45, 2.75) is 51.1 Å². The van der Waals surface area contributed by atoms with Crippen molar-refractivity contribution in [3.8, 4) is 0 Å². The summed E-state index contributed by atoms with van der Waals surface area (Å²) < 4.78 is 0. The molecule has 0 aromatic rings. The van der Waals surface area contributed by atoms with Crippen LogP contribution in [0.25, 0.3) is 0 Å². The van der Waals surface area contributed by atoms with Gasteiger partial charge in [0.05, 0.1) is 0 Å². The monoisotopic (exact) mass is 189 g/mol. The van der Waals surface area contributed by atoms with E-state index < -0.39 is 0 Å². The molecule has 0 aliphatic carbocycles. The van der Waals surface area contributed by atoms with E-state index in [0.29, 0.717) is 12.1 Å². The van der Waals surface area contributed by atoms with Crippen LogP contribution in [-0.2, 0) is 4.79 Å². The number of halogens is 1. The number of hydrogen-bond donors (Lipinski definition) is 0. The van der Waals surface area contributed by atoms with Crippen molar-refractivity contribution in [1.82, 2.24) is 4.90 Å². The number of alkyl halides is 1. The summed E-state index contributed by atoms with van der Waals surface area (Å²) in [5.41, 5.74) is 0. The Hall–Kier alpha value is -0.240. The van der Waals surface area contributed by atoms with Crippen LogP contribution in [0, 0.1) is 0 Å².